The molecule has 0 unspecified atom stereocenters. The van der Waals surface area contributed by atoms with E-state index < -0.39 is 0 Å². The Kier molecular flexibility index (Phi) is 24.0. The number of benzene rings is 13. The molecule has 0 spiro atoms. The highest BCUT2D eigenvalue weighted by Crippen LogP contribution is 2.36. The molecule has 8 N–H and O–H groups in total. The Morgan fingerprint density at radius 2 is 0.638 bits per heavy atom. The van der Waals surface area contributed by atoms with E-state index in [1.807, 2.05) is 293 Å². The van der Waals surface area contributed by atoms with Crippen LogP contribution in [0.3, 0.4) is 0 Å². The van der Waals surface area contributed by atoms with Gasteiger partial charge in [-0.3, -0.25) is 29.9 Å². The average Bonchev–Trinajstić information content (AvgIpc) is 0.839. The van der Waals surface area contributed by atoms with Gasteiger partial charge in [-0.05, 0) is 161 Å². The molecule has 0 saturated carbocycles. The highest BCUT2D eigenvalue weighted by Gasteiger charge is 2.11. The lowest BCUT2D eigenvalue weighted by Crippen LogP contribution is -1.84. The van der Waals surface area contributed by atoms with Crippen molar-refractivity contribution in [2.45, 2.75) is 13.8 Å². The molecule has 0 amide bonds. The fraction of sp³-hybridized carbons (Fsp3) is 0.0200. The number of rotatable bonds is 3. The molecule has 16 heteroatoms. The SMILES string of the molecule is Cc1ccc(O)c2ncccc12.Cc1ccc2cccc(O)c2n1.Oc1c2ccccc2cc2cccnc12.Oc1cc2ccccc2c2cccnc12.Oc1ccc(-c2ccccc2)c2cccnc12.Oc1cccc2c1ncc1ccccc12.Oc1cccc2ccc(/C=C/c3ccccc3)nc12.Oc1cccc2cccnc12. The van der Waals surface area contributed by atoms with Crippen LogP contribution in [0.2, 0.25) is 0 Å². The van der Waals surface area contributed by atoms with E-state index in [0.29, 0.717) is 44.1 Å². The van der Waals surface area contributed by atoms with Crippen LogP contribution in [0, 0.1) is 13.8 Å². The number of hydrogen-bond donors (Lipinski definition) is 8. The standard InChI is InChI=1S/C17H13NO.C15H11NO.3C13H9NO.2C10H9NO.C9H7NO/c19-16-8-4-7-14-10-12-15(18-17(14)16)11-9-13-5-2-1-3-6-13;17-14-9-8-12(11-5-2-1-3-6-11)13-7-4-10-16-15(13)14;15-13-11-6-2-1-4-9(11)8-10-5-3-7-14-12(10)13;15-12-8-9-4-1-2-5-10(9)11-6-3-7-14-13(11)12;15-12-7-3-6-11-10-5-2-1-4-9(10)8-14-13(11)12;1-7-4-5-9(12)10-8(7)3-2-6-11-10;1-7-5-6-8-3-2-4-9(12)10(8)11-7;11-8-5-1-3-7-4-2-6-10-9(7)8/h1-12,19H;1-10,17H;3*1-8,15H;2*2-6,12H,1H3;1-6,11H/b11-9+;;;;;;;. The van der Waals surface area contributed by atoms with Crippen molar-refractivity contribution < 1.29 is 40.9 Å². The van der Waals surface area contributed by atoms with Gasteiger partial charge in [-0.2, -0.15) is 0 Å². The molecule has 21 aromatic rings. The summed E-state index contributed by atoms with van der Waals surface area (Å²) in [6.45, 7) is 3.91. The van der Waals surface area contributed by atoms with Crippen LogP contribution in [0.1, 0.15) is 22.5 Å². The number of aromatic hydroxyl groups is 8. The van der Waals surface area contributed by atoms with Gasteiger partial charge in [0.2, 0.25) is 0 Å². The molecule has 0 bridgehead atoms. The van der Waals surface area contributed by atoms with Gasteiger partial charge in [0.05, 0.1) is 5.69 Å². The molecule has 0 aliphatic rings. The molecule has 8 aromatic heterocycles. The molecule has 21 rings (SSSR count). The number of nitrogens with zero attached hydrogens (tertiary/aromatic N) is 8. The number of para-hydroxylation sites is 4. The number of aryl methyl sites for hydroxylation is 2. The summed E-state index contributed by atoms with van der Waals surface area (Å²) < 4.78 is 0. The van der Waals surface area contributed by atoms with Crippen molar-refractivity contribution in [3.05, 3.63) is 387 Å². The first kappa shape index (κ1) is 76.8. The Labute approximate surface area is 666 Å². The van der Waals surface area contributed by atoms with Crippen molar-refractivity contribution in [2.75, 3.05) is 0 Å². The number of aromatic nitrogens is 8. The van der Waals surface area contributed by atoms with E-state index in [0.717, 1.165) is 109 Å². The first-order chi connectivity index (χ1) is 56.7. The lowest BCUT2D eigenvalue weighted by molar-refractivity contribution is 0.480. The number of phenols is 8. The molecule has 564 valence electrons. The quantitative estimate of drug-likeness (QED) is 0.0604. The zero-order valence-electron chi connectivity index (χ0n) is 63.0. The number of phenolic OH excluding ortho intramolecular Hbond substituents is 8. The Morgan fingerprint density at radius 3 is 1.27 bits per heavy atom. The molecule has 13 aromatic carbocycles. The lowest BCUT2D eigenvalue weighted by atomic mass is 10.0. The molecule has 16 nitrogen and oxygen atoms in total. The van der Waals surface area contributed by atoms with Gasteiger partial charge in [-0.25, -0.2) is 9.97 Å². The third-order valence-electron chi connectivity index (χ3n) is 19.0. The summed E-state index contributed by atoms with van der Waals surface area (Å²) >= 11 is 0. The average molecular weight is 1520 g/mol. The van der Waals surface area contributed by atoms with Gasteiger partial charge in [-0.1, -0.05) is 237 Å². The summed E-state index contributed by atoms with van der Waals surface area (Å²) in [6, 6.07) is 103. The second kappa shape index (κ2) is 36.3. The van der Waals surface area contributed by atoms with E-state index >= 15 is 0 Å². The van der Waals surface area contributed by atoms with Crippen LogP contribution >= 0.6 is 0 Å². The molecule has 116 heavy (non-hydrogen) atoms. The smallest absolute Gasteiger partial charge is 0.149 e. The second-order valence-electron chi connectivity index (χ2n) is 26.7. The molecule has 0 aliphatic carbocycles. The van der Waals surface area contributed by atoms with Crippen molar-refractivity contribution >= 4 is 132 Å². The fourth-order valence-electron chi connectivity index (χ4n) is 13.3. The van der Waals surface area contributed by atoms with Crippen molar-refractivity contribution in [3.8, 4) is 57.1 Å². The summed E-state index contributed by atoms with van der Waals surface area (Å²) in [7, 11) is 0. The molecule has 0 radical (unpaired) electrons. The number of hydrogen-bond acceptors (Lipinski definition) is 16. The van der Waals surface area contributed by atoms with Crippen molar-refractivity contribution in [2.24, 2.45) is 0 Å². The first-order valence-electron chi connectivity index (χ1n) is 37.1. The van der Waals surface area contributed by atoms with Crippen molar-refractivity contribution in [3.63, 3.8) is 0 Å². The maximum Gasteiger partial charge on any atom is 0.149 e. The molecule has 0 aliphatic heterocycles. The van der Waals surface area contributed by atoms with E-state index in [9.17, 15) is 40.9 Å². The summed E-state index contributed by atoms with van der Waals surface area (Å²) in [5.41, 5.74) is 11.5. The van der Waals surface area contributed by atoms with Gasteiger partial charge in [0, 0.05) is 96.7 Å². The van der Waals surface area contributed by atoms with Crippen molar-refractivity contribution in [1.29, 1.82) is 0 Å². The Bertz CT molecular complexity index is 6930. The predicted molar refractivity (Wildman–Crippen MR) is 470 cm³/mol. The monoisotopic (exact) mass is 1520 g/mol. The van der Waals surface area contributed by atoms with E-state index in [1.165, 1.54) is 0 Å². The van der Waals surface area contributed by atoms with Gasteiger partial charge in [-0.15, -0.1) is 0 Å². The molecular weight excluding hydrogens is 1440 g/mol. The highest BCUT2D eigenvalue weighted by atomic mass is 16.3. The summed E-state index contributed by atoms with van der Waals surface area (Å²) in [5, 5.41) is 91.4. The van der Waals surface area contributed by atoms with Crippen LogP contribution in [0.4, 0.5) is 0 Å². The minimum Gasteiger partial charge on any atom is -0.506 e. The summed E-state index contributed by atoms with van der Waals surface area (Å²) in [5.74, 6) is 1.91. The normalized spacial score (nSPS) is 10.7. The first-order valence-corrected chi connectivity index (χ1v) is 37.1. The van der Waals surface area contributed by atoms with Crippen LogP contribution < -0.4 is 0 Å². The van der Waals surface area contributed by atoms with Crippen molar-refractivity contribution in [1.82, 2.24) is 39.9 Å². The minimum atomic E-state index is 0.215. The third-order valence-corrected chi connectivity index (χ3v) is 19.0. The maximum absolute atomic E-state index is 10.0. The Balaban J connectivity index is 0.000000110. The van der Waals surface area contributed by atoms with Gasteiger partial charge in [0.1, 0.15) is 90.1 Å². The van der Waals surface area contributed by atoms with Gasteiger partial charge >= 0.3 is 0 Å². The highest BCUT2D eigenvalue weighted by molar-refractivity contribution is 6.09. The van der Waals surface area contributed by atoms with Crippen LogP contribution in [0.5, 0.6) is 46.0 Å². The summed E-state index contributed by atoms with van der Waals surface area (Å²) in [6.07, 6.45) is 14.2. The summed E-state index contributed by atoms with van der Waals surface area (Å²) in [4.78, 5) is 33.6. The number of fused-ring (bicyclic) bond motifs is 13. The zero-order chi connectivity index (χ0) is 80.3. The second-order valence-corrected chi connectivity index (χ2v) is 26.7. The molecule has 8 heterocycles. The predicted octanol–water partition coefficient (Wildman–Crippen LogP) is 23.4. The fourth-order valence-corrected chi connectivity index (χ4v) is 13.3. The minimum absolute atomic E-state index is 0.215. The molecule has 0 saturated heterocycles. The van der Waals surface area contributed by atoms with E-state index in [-0.39, 0.29) is 46.0 Å². The Morgan fingerprint density at radius 1 is 0.233 bits per heavy atom. The lowest BCUT2D eigenvalue weighted by Gasteiger charge is -2.07. The molecule has 0 atom stereocenters. The number of pyridine rings is 8. The van der Waals surface area contributed by atoms with Gasteiger partial charge in [0.15, 0.2) is 0 Å². The van der Waals surface area contributed by atoms with E-state index in [4.69, 9.17) is 0 Å². The Hall–Kier alpha value is -15.9. The molecule has 0 fully saturated rings. The van der Waals surface area contributed by atoms with E-state index in [1.54, 1.807) is 85.7 Å². The third kappa shape index (κ3) is 18.1. The maximum atomic E-state index is 10.0. The van der Waals surface area contributed by atoms with Gasteiger partial charge in [0.25, 0.3) is 0 Å². The van der Waals surface area contributed by atoms with Gasteiger partial charge < -0.3 is 40.9 Å². The topological polar surface area (TPSA) is 265 Å². The molecular formula is C100H76N8O8. The largest absolute Gasteiger partial charge is 0.506 e. The zero-order valence-corrected chi connectivity index (χ0v) is 63.0. The van der Waals surface area contributed by atoms with Crippen LogP contribution in [-0.2, 0) is 0 Å². The van der Waals surface area contributed by atoms with E-state index in [2.05, 4.69) is 52.0 Å². The van der Waals surface area contributed by atoms with Crippen LogP contribution in [0.25, 0.3) is 143 Å². The van der Waals surface area contributed by atoms with Crippen LogP contribution in [0.15, 0.2) is 365 Å². The van der Waals surface area contributed by atoms with Crippen LogP contribution in [-0.4, -0.2) is 80.7 Å².